The first-order chi connectivity index (χ1) is 6.29. The molecule has 0 heterocycles. The number of nitrogens with two attached hydrogens (primary N) is 1. The number of rotatable bonds is 2. The van der Waals surface area contributed by atoms with Crippen LogP contribution in [0.1, 0.15) is 18.4 Å². The topological polar surface area (TPSA) is 59.0 Å². The molecule has 13 heavy (non-hydrogen) atoms. The van der Waals surface area contributed by atoms with Crippen molar-refractivity contribution in [3.63, 3.8) is 0 Å². The maximum absolute atomic E-state index is 8.77. The van der Waals surface area contributed by atoms with E-state index >= 15 is 0 Å². The maximum atomic E-state index is 8.77. The zero-order valence-corrected chi connectivity index (χ0v) is 7.16. The highest BCUT2D eigenvalue weighted by atomic mass is 16.5. The van der Waals surface area contributed by atoms with Crippen LogP contribution in [0.15, 0.2) is 18.2 Å². The second kappa shape index (κ2) is 2.98. The van der Waals surface area contributed by atoms with Gasteiger partial charge in [0.25, 0.3) is 0 Å². The molecule has 0 atom stereocenters. The van der Waals surface area contributed by atoms with Gasteiger partial charge < -0.3 is 10.5 Å². The lowest BCUT2D eigenvalue weighted by Crippen LogP contribution is -1.99. The third kappa shape index (κ3) is 1.73. The normalized spacial score (nSPS) is 15.0. The molecule has 0 aromatic heterocycles. The molecule has 0 amide bonds. The van der Waals surface area contributed by atoms with Crippen molar-refractivity contribution in [2.24, 2.45) is 0 Å². The summed E-state index contributed by atoms with van der Waals surface area (Å²) < 4.78 is 5.53. The summed E-state index contributed by atoms with van der Waals surface area (Å²) in [6.45, 7) is 0. The molecule has 1 aromatic carbocycles. The van der Waals surface area contributed by atoms with Gasteiger partial charge in [0.1, 0.15) is 11.8 Å². The highest BCUT2D eigenvalue weighted by Gasteiger charge is 2.24. The largest absolute Gasteiger partial charge is 0.489 e. The van der Waals surface area contributed by atoms with E-state index in [2.05, 4.69) is 6.07 Å². The van der Waals surface area contributed by atoms with Crippen molar-refractivity contribution in [1.82, 2.24) is 0 Å². The van der Waals surface area contributed by atoms with Gasteiger partial charge in [0, 0.05) is 11.8 Å². The first-order valence-electron chi connectivity index (χ1n) is 4.26. The van der Waals surface area contributed by atoms with Crippen molar-refractivity contribution in [3.8, 4) is 11.8 Å². The molecule has 1 aromatic rings. The average Bonchev–Trinajstić information content (AvgIpc) is 2.89. The second-order valence-corrected chi connectivity index (χ2v) is 3.18. The van der Waals surface area contributed by atoms with Crippen molar-refractivity contribution in [3.05, 3.63) is 23.8 Å². The number of ether oxygens (including phenoxy) is 1. The van der Waals surface area contributed by atoms with Gasteiger partial charge in [0.15, 0.2) is 0 Å². The summed E-state index contributed by atoms with van der Waals surface area (Å²) in [5.74, 6) is 0.616. The van der Waals surface area contributed by atoms with Gasteiger partial charge in [-0.05, 0) is 25.0 Å². The average molecular weight is 174 g/mol. The summed E-state index contributed by atoms with van der Waals surface area (Å²) in [7, 11) is 0. The predicted octanol–water partition coefficient (Wildman–Crippen LogP) is 1.68. The molecule has 0 spiro atoms. The molecule has 3 nitrogen and oxygen atoms in total. The minimum Gasteiger partial charge on any atom is -0.489 e. The summed E-state index contributed by atoms with van der Waals surface area (Å²) in [6, 6.07) is 7.17. The van der Waals surface area contributed by atoms with Crippen LogP contribution in [0, 0.1) is 11.3 Å². The number of anilines is 1. The summed E-state index contributed by atoms with van der Waals surface area (Å²) in [5.41, 5.74) is 6.78. The highest BCUT2D eigenvalue weighted by Crippen LogP contribution is 2.30. The minimum atomic E-state index is 0.300. The number of nitrogen functional groups attached to an aromatic ring is 1. The molecule has 1 fully saturated rings. The van der Waals surface area contributed by atoms with Crippen molar-refractivity contribution in [1.29, 1.82) is 5.26 Å². The Morgan fingerprint density at radius 3 is 2.85 bits per heavy atom. The van der Waals surface area contributed by atoms with E-state index in [1.165, 1.54) is 0 Å². The monoisotopic (exact) mass is 174 g/mol. The molecule has 2 N–H and O–H groups in total. The Morgan fingerprint density at radius 2 is 2.23 bits per heavy atom. The lowest BCUT2D eigenvalue weighted by Gasteiger charge is -2.06. The lowest BCUT2D eigenvalue weighted by molar-refractivity contribution is 0.302. The number of benzene rings is 1. The predicted molar refractivity (Wildman–Crippen MR) is 49.2 cm³/mol. The zero-order chi connectivity index (χ0) is 9.26. The molecule has 0 aliphatic heterocycles. The minimum absolute atomic E-state index is 0.300. The van der Waals surface area contributed by atoms with E-state index in [0.29, 0.717) is 23.1 Å². The van der Waals surface area contributed by atoms with E-state index in [1.54, 1.807) is 18.2 Å². The van der Waals surface area contributed by atoms with Crippen LogP contribution < -0.4 is 10.5 Å². The summed E-state index contributed by atoms with van der Waals surface area (Å²) in [5, 5.41) is 8.77. The van der Waals surface area contributed by atoms with Crippen molar-refractivity contribution >= 4 is 5.69 Å². The molecule has 1 aliphatic carbocycles. The van der Waals surface area contributed by atoms with Gasteiger partial charge >= 0.3 is 0 Å². The van der Waals surface area contributed by atoms with Crippen LogP contribution in [0.3, 0.4) is 0 Å². The van der Waals surface area contributed by atoms with Crippen molar-refractivity contribution in [2.75, 3.05) is 5.73 Å². The van der Waals surface area contributed by atoms with E-state index in [-0.39, 0.29) is 0 Å². The van der Waals surface area contributed by atoms with Gasteiger partial charge in [-0.2, -0.15) is 5.26 Å². The summed E-state index contributed by atoms with van der Waals surface area (Å²) >= 11 is 0. The third-order valence-electron chi connectivity index (χ3n) is 1.94. The molecule has 66 valence electrons. The van der Waals surface area contributed by atoms with Crippen LogP contribution in [0.5, 0.6) is 5.75 Å². The Balaban J connectivity index is 2.29. The number of hydrogen-bond donors (Lipinski definition) is 1. The molecule has 1 saturated carbocycles. The van der Waals surface area contributed by atoms with Gasteiger partial charge in [-0.25, -0.2) is 0 Å². The Bertz CT molecular complexity index is 364. The highest BCUT2D eigenvalue weighted by molar-refractivity contribution is 5.53. The SMILES string of the molecule is N#Cc1ccc(N)cc1OC1CC1. The molecule has 2 rings (SSSR count). The van der Waals surface area contributed by atoms with Crippen LogP contribution in [-0.2, 0) is 0 Å². The Morgan fingerprint density at radius 1 is 1.46 bits per heavy atom. The van der Waals surface area contributed by atoms with Crippen LogP contribution in [0.25, 0.3) is 0 Å². The van der Waals surface area contributed by atoms with E-state index in [9.17, 15) is 0 Å². The molecule has 0 bridgehead atoms. The fourth-order valence-electron chi connectivity index (χ4n) is 1.09. The Kier molecular flexibility index (Phi) is 1.82. The van der Waals surface area contributed by atoms with E-state index < -0.39 is 0 Å². The Labute approximate surface area is 76.7 Å². The van der Waals surface area contributed by atoms with Gasteiger partial charge in [-0.1, -0.05) is 0 Å². The second-order valence-electron chi connectivity index (χ2n) is 3.18. The molecule has 0 saturated heterocycles. The van der Waals surface area contributed by atoms with Gasteiger partial charge in [0.2, 0.25) is 0 Å². The summed E-state index contributed by atoms with van der Waals surface area (Å²) in [6.07, 6.45) is 2.47. The molecule has 0 unspecified atom stereocenters. The first-order valence-corrected chi connectivity index (χ1v) is 4.26. The van der Waals surface area contributed by atoms with Gasteiger partial charge in [0.05, 0.1) is 11.7 Å². The molecule has 3 heteroatoms. The molecule has 1 aliphatic rings. The van der Waals surface area contributed by atoms with Crippen LogP contribution >= 0.6 is 0 Å². The van der Waals surface area contributed by atoms with E-state index in [4.69, 9.17) is 15.7 Å². The van der Waals surface area contributed by atoms with Crippen LogP contribution in [0.4, 0.5) is 5.69 Å². The van der Waals surface area contributed by atoms with Crippen molar-refractivity contribution < 1.29 is 4.74 Å². The molecular formula is C10H10N2O. The zero-order valence-electron chi connectivity index (χ0n) is 7.16. The quantitative estimate of drug-likeness (QED) is 0.694. The Hall–Kier alpha value is -1.69. The van der Waals surface area contributed by atoms with Gasteiger partial charge in [-0.3, -0.25) is 0 Å². The molecular weight excluding hydrogens is 164 g/mol. The van der Waals surface area contributed by atoms with E-state index in [0.717, 1.165) is 12.8 Å². The number of nitrogens with zero attached hydrogens (tertiary/aromatic N) is 1. The van der Waals surface area contributed by atoms with Crippen LogP contribution in [0.2, 0.25) is 0 Å². The number of hydrogen-bond acceptors (Lipinski definition) is 3. The molecule has 0 radical (unpaired) electrons. The third-order valence-corrected chi connectivity index (χ3v) is 1.94. The smallest absolute Gasteiger partial charge is 0.139 e. The fourth-order valence-corrected chi connectivity index (χ4v) is 1.09. The van der Waals surface area contributed by atoms with Gasteiger partial charge in [-0.15, -0.1) is 0 Å². The standard InChI is InChI=1S/C10H10N2O/c11-6-7-1-2-8(12)5-10(7)13-9-3-4-9/h1-2,5,9H,3-4,12H2. The van der Waals surface area contributed by atoms with Crippen molar-refractivity contribution in [2.45, 2.75) is 18.9 Å². The number of nitriles is 1. The first kappa shape index (κ1) is 7.93. The van der Waals surface area contributed by atoms with Crippen LogP contribution in [-0.4, -0.2) is 6.10 Å². The lowest BCUT2D eigenvalue weighted by atomic mass is 10.2. The van der Waals surface area contributed by atoms with E-state index in [1.807, 2.05) is 0 Å². The maximum Gasteiger partial charge on any atom is 0.139 e. The summed E-state index contributed by atoms with van der Waals surface area (Å²) in [4.78, 5) is 0. The fraction of sp³-hybridized carbons (Fsp3) is 0.300.